The van der Waals surface area contributed by atoms with Crippen molar-refractivity contribution in [1.29, 1.82) is 0 Å². The second kappa shape index (κ2) is 18.4. The topological polar surface area (TPSA) is 272 Å². The summed E-state index contributed by atoms with van der Waals surface area (Å²) in [5.41, 5.74) is 1.28. The molecule has 0 saturated carbocycles. The van der Waals surface area contributed by atoms with Gasteiger partial charge in [0.15, 0.2) is 0 Å². The van der Waals surface area contributed by atoms with E-state index < -0.39 is 50.7 Å². The Hall–Kier alpha value is -1.54. The Morgan fingerprint density at radius 2 is 1.04 bits per heavy atom. The molecule has 0 bridgehead atoms. The molecule has 52 heavy (non-hydrogen) atoms. The van der Waals surface area contributed by atoms with Crippen LogP contribution in [-0.2, 0) is 30.4 Å². The Kier molecular flexibility index (Phi) is 16.5. The normalized spacial score (nSPS) is 12.0. The number of azo groups is 2. The van der Waals surface area contributed by atoms with Gasteiger partial charge < -0.3 is 19.0 Å². The summed E-state index contributed by atoms with van der Waals surface area (Å²) >= 11 is 11.7. The molecule has 0 spiro atoms. The smallest absolute Gasteiger partial charge is 0.744 e. The Balaban J connectivity index is 0.00000312. The van der Waals surface area contributed by atoms with Gasteiger partial charge in [0.2, 0.25) is 16.5 Å². The van der Waals surface area contributed by atoms with Gasteiger partial charge >= 0.3 is 88.7 Å². The summed E-state index contributed by atoms with van der Waals surface area (Å²) in [6.07, 6.45) is 0. The number of anilines is 2. The van der Waals surface area contributed by atoms with Crippen LogP contribution < -0.4 is 94.0 Å². The summed E-state index contributed by atoms with van der Waals surface area (Å²) in [4.78, 5) is 9.35. The molecule has 0 amide bonds. The van der Waals surface area contributed by atoms with Gasteiger partial charge in [-0.15, -0.1) is 10.2 Å². The molecule has 0 unspecified atom stereocenters. The first-order valence-electron chi connectivity index (χ1n) is 13.2. The molecule has 0 saturated heterocycles. The van der Waals surface area contributed by atoms with E-state index in [1.807, 2.05) is 0 Å². The molecule has 0 aliphatic carbocycles. The first-order chi connectivity index (χ1) is 22.8. The standard InChI is InChI=1S/C27H20Cl2N8O9S3.3Na/c1-13-10-22(36-37-23-12-16(48(41,42)43)4-8-24(23)49(44,45)46)14(2)9-21(13)35-34-20-7-6-19(30-27-32-25(28)31-26(29)33-27)17-5-3-15(11-18(17)20)47(38,39)40;;;/h3-12H,1-2H3,(H,38,39,40)(H,41,42,43)(H,44,45,46)(H,30,31,32,33);;;/q;3*+1/p-3. The molecule has 25 heteroatoms. The molecule has 0 atom stereocenters. The van der Waals surface area contributed by atoms with Crippen molar-refractivity contribution in [3.05, 3.63) is 82.4 Å². The number of hydrogen-bond donors (Lipinski definition) is 1. The van der Waals surface area contributed by atoms with E-state index in [1.54, 1.807) is 19.9 Å². The second-order valence-electron chi connectivity index (χ2n) is 9.98. The summed E-state index contributed by atoms with van der Waals surface area (Å²) in [6, 6.07) is 11.7. The minimum absolute atomic E-state index is 0. The number of nitrogens with one attached hydrogen (secondary N) is 1. The fourth-order valence-electron chi connectivity index (χ4n) is 4.32. The Morgan fingerprint density at radius 1 is 0.558 bits per heavy atom. The van der Waals surface area contributed by atoms with Crippen molar-refractivity contribution in [3.63, 3.8) is 0 Å². The maximum Gasteiger partial charge on any atom is 1.00 e. The summed E-state index contributed by atoms with van der Waals surface area (Å²) in [5, 5.41) is 19.4. The van der Waals surface area contributed by atoms with E-state index in [9.17, 15) is 38.9 Å². The van der Waals surface area contributed by atoms with Gasteiger partial charge in [-0.2, -0.15) is 25.2 Å². The van der Waals surface area contributed by atoms with E-state index >= 15 is 0 Å². The van der Waals surface area contributed by atoms with E-state index in [4.69, 9.17) is 23.2 Å². The van der Waals surface area contributed by atoms with Gasteiger partial charge in [0, 0.05) is 16.5 Å². The first-order valence-corrected chi connectivity index (χ1v) is 18.1. The number of nitrogens with zero attached hydrogens (tertiary/aromatic N) is 7. The summed E-state index contributed by atoms with van der Waals surface area (Å²) < 4.78 is 105. The van der Waals surface area contributed by atoms with E-state index in [0.717, 1.165) is 12.1 Å². The average Bonchev–Trinajstić information content (AvgIpc) is 2.99. The molecule has 0 aliphatic rings. The van der Waals surface area contributed by atoms with E-state index in [0.29, 0.717) is 46.1 Å². The maximum atomic E-state index is 11.8. The zero-order chi connectivity index (χ0) is 35.9. The predicted octanol–water partition coefficient (Wildman–Crippen LogP) is -2.75. The van der Waals surface area contributed by atoms with Crippen molar-refractivity contribution >= 4 is 98.7 Å². The number of benzene rings is 4. The van der Waals surface area contributed by atoms with Crippen molar-refractivity contribution in [3.8, 4) is 0 Å². The third-order valence-corrected chi connectivity index (χ3v) is 9.50. The van der Waals surface area contributed by atoms with Gasteiger partial charge in [-0.1, -0.05) is 6.07 Å². The second-order valence-corrected chi connectivity index (χ2v) is 14.8. The average molecular weight is 834 g/mol. The van der Waals surface area contributed by atoms with Crippen molar-refractivity contribution in [2.24, 2.45) is 20.5 Å². The predicted molar refractivity (Wildman–Crippen MR) is 172 cm³/mol. The molecule has 1 N–H and O–H groups in total. The summed E-state index contributed by atoms with van der Waals surface area (Å²) in [5.74, 6) is -0.0152. The van der Waals surface area contributed by atoms with E-state index in [-0.39, 0.29) is 122 Å². The third kappa shape index (κ3) is 11.5. The monoisotopic (exact) mass is 832 g/mol. The molecule has 1 aromatic heterocycles. The van der Waals surface area contributed by atoms with Crippen molar-refractivity contribution in [2.45, 2.75) is 28.5 Å². The molecule has 5 aromatic rings. The van der Waals surface area contributed by atoms with Gasteiger partial charge in [0.05, 0.1) is 31.7 Å². The minimum atomic E-state index is -5.11. The molecule has 4 aromatic carbocycles. The minimum Gasteiger partial charge on any atom is -0.744 e. The van der Waals surface area contributed by atoms with Gasteiger partial charge in [-0.3, -0.25) is 0 Å². The van der Waals surface area contributed by atoms with Gasteiger partial charge in [0.25, 0.3) is 0 Å². The molecule has 0 radical (unpaired) electrons. The largest absolute Gasteiger partial charge is 1.00 e. The van der Waals surface area contributed by atoms with Crippen molar-refractivity contribution < 1.29 is 128 Å². The van der Waals surface area contributed by atoms with Crippen LogP contribution in [0.2, 0.25) is 10.6 Å². The van der Waals surface area contributed by atoms with E-state index in [2.05, 4.69) is 40.7 Å². The number of aryl methyl sites for hydroxylation is 2. The summed E-state index contributed by atoms with van der Waals surface area (Å²) in [7, 11) is -15.0. The number of hydrogen-bond acceptors (Lipinski definition) is 17. The molecule has 5 rings (SSSR count). The quantitative estimate of drug-likeness (QED) is 0.0898. The Labute approximate surface area is 373 Å². The molecule has 17 nitrogen and oxygen atoms in total. The van der Waals surface area contributed by atoms with Crippen molar-refractivity contribution in [1.82, 2.24) is 15.0 Å². The summed E-state index contributed by atoms with van der Waals surface area (Å²) in [6.45, 7) is 3.22. The third-order valence-electron chi connectivity index (χ3n) is 6.61. The van der Waals surface area contributed by atoms with Gasteiger partial charge in [0.1, 0.15) is 36.0 Å². The van der Waals surface area contributed by atoms with Crippen LogP contribution in [0.3, 0.4) is 0 Å². The fraction of sp³-hybridized carbons (Fsp3) is 0.0741. The SMILES string of the molecule is Cc1cc(N=Nc2ccc(Nc3nc(Cl)nc(Cl)n3)c3ccc(S(=O)(=O)[O-])cc23)c(C)cc1N=Nc1cc(S(=O)(=O)[O-])ccc1S(=O)(=O)[O-].[Na+].[Na+].[Na+]. The molecule has 254 valence electrons. The van der Waals surface area contributed by atoms with Crippen LogP contribution in [0.1, 0.15) is 11.1 Å². The van der Waals surface area contributed by atoms with Crippen LogP contribution in [0.5, 0.6) is 0 Å². The number of rotatable bonds is 9. The van der Waals surface area contributed by atoms with Crippen molar-refractivity contribution in [2.75, 3.05) is 5.32 Å². The van der Waals surface area contributed by atoms with Gasteiger partial charge in [-0.25, -0.2) is 25.3 Å². The number of halogens is 2. The van der Waals surface area contributed by atoms with Gasteiger partial charge in [-0.05, 0) is 103 Å². The van der Waals surface area contributed by atoms with E-state index in [1.165, 1.54) is 24.3 Å². The fourth-order valence-corrected chi connectivity index (χ4v) is 6.27. The van der Waals surface area contributed by atoms with Crippen LogP contribution >= 0.6 is 23.2 Å². The zero-order valence-electron chi connectivity index (χ0n) is 27.6. The molecular weight excluding hydrogens is 816 g/mol. The van der Waals surface area contributed by atoms with Crippen LogP contribution in [0.15, 0.2) is 95.8 Å². The zero-order valence-corrected chi connectivity index (χ0v) is 37.5. The van der Waals surface area contributed by atoms with Crippen LogP contribution in [0, 0.1) is 13.8 Å². The number of fused-ring (bicyclic) bond motifs is 1. The molecule has 0 fully saturated rings. The maximum absolute atomic E-state index is 11.8. The molecule has 1 heterocycles. The number of aromatic nitrogens is 3. The Morgan fingerprint density at radius 3 is 1.56 bits per heavy atom. The van der Waals surface area contributed by atoms with Crippen LogP contribution in [-0.4, -0.2) is 53.9 Å². The molecular formula is C27H17Cl2N8Na3O9S3. The first kappa shape index (κ1) is 46.6. The molecule has 0 aliphatic heterocycles. The van der Waals surface area contributed by atoms with Crippen LogP contribution in [0.4, 0.5) is 34.4 Å². The van der Waals surface area contributed by atoms with Crippen LogP contribution in [0.25, 0.3) is 10.8 Å². The Bertz CT molecular complexity index is 2570.